The summed E-state index contributed by atoms with van der Waals surface area (Å²) in [6.45, 7) is 6.24. The summed E-state index contributed by atoms with van der Waals surface area (Å²) in [5, 5.41) is 3.12. The fourth-order valence-electron chi connectivity index (χ4n) is 4.02. The van der Waals surface area contributed by atoms with E-state index in [1.165, 1.54) is 38.8 Å². The first-order valence-corrected chi connectivity index (χ1v) is 10.7. The number of methoxy groups -OCH3 is 1. The molecule has 1 aromatic rings. The van der Waals surface area contributed by atoms with Crippen molar-refractivity contribution in [2.24, 2.45) is 5.92 Å². The lowest BCUT2D eigenvalue weighted by molar-refractivity contribution is -0.117. The van der Waals surface area contributed by atoms with Gasteiger partial charge >= 0.3 is 0 Å². The predicted octanol–water partition coefficient (Wildman–Crippen LogP) is 3.88. The minimum absolute atomic E-state index is 0.0236. The number of rotatable bonds is 8. The summed E-state index contributed by atoms with van der Waals surface area (Å²) < 4.78 is 11.4. The number of nitrogens with zero attached hydrogens (tertiary/aromatic N) is 1. The zero-order chi connectivity index (χ0) is 19.8. The molecule has 0 bridgehead atoms. The molecule has 0 atom stereocenters. The van der Waals surface area contributed by atoms with E-state index in [1.54, 1.807) is 13.2 Å². The van der Waals surface area contributed by atoms with Crippen LogP contribution in [0.15, 0.2) is 24.3 Å². The van der Waals surface area contributed by atoms with Gasteiger partial charge in [0.25, 0.3) is 0 Å². The van der Waals surface area contributed by atoms with Crippen molar-refractivity contribution < 1.29 is 14.3 Å². The van der Waals surface area contributed by atoms with Gasteiger partial charge in [-0.1, -0.05) is 13.0 Å². The van der Waals surface area contributed by atoms with Gasteiger partial charge in [0.2, 0.25) is 5.91 Å². The Morgan fingerprint density at radius 2 is 1.93 bits per heavy atom. The van der Waals surface area contributed by atoms with Crippen molar-refractivity contribution in [3.63, 3.8) is 0 Å². The van der Waals surface area contributed by atoms with Crippen LogP contribution >= 0.6 is 0 Å². The van der Waals surface area contributed by atoms with E-state index in [4.69, 9.17) is 9.47 Å². The van der Waals surface area contributed by atoms with Crippen molar-refractivity contribution in [3.05, 3.63) is 29.8 Å². The van der Waals surface area contributed by atoms with Gasteiger partial charge in [-0.05, 0) is 81.3 Å². The third kappa shape index (κ3) is 6.26. The summed E-state index contributed by atoms with van der Waals surface area (Å²) in [5.41, 5.74) is 0.927. The van der Waals surface area contributed by atoms with E-state index in [9.17, 15) is 4.79 Å². The minimum atomic E-state index is -0.0236. The molecule has 28 heavy (non-hydrogen) atoms. The van der Waals surface area contributed by atoms with Crippen molar-refractivity contribution in [1.29, 1.82) is 0 Å². The number of hydrogen-bond acceptors (Lipinski definition) is 4. The summed E-state index contributed by atoms with van der Waals surface area (Å²) >= 11 is 0. The van der Waals surface area contributed by atoms with Gasteiger partial charge in [-0.2, -0.15) is 0 Å². The highest BCUT2D eigenvalue weighted by Gasteiger charge is 2.18. The van der Waals surface area contributed by atoms with Crippen LogP contribution in [0.5, 0.6) is 11.5 Å². The molecular weight excluding hydrogens is 352 g/mol. The monoisotopic (exact) mass is 386 g/mol. The molecular formula is C23H34N2O3. The van der Waals surface area contributed by atoms with Gasteiger partial charge in [0.05, 0.1) is 7.11 Å². The number of likely N-dealkylation sites (tertiary alicyclic amines) is 1. The van der Waals surface area contributed by atoms with Crippen molar-refractivity contribution in [3.8, 4) is 11.5 Å². The Bertz CT molecular complexity index is 660. The summed E-state index contributed by atoms with van der Waals surface area (Å²) in [6.07, 6.45) is 10.6. The Hall–Kier alpha value is -2.01. The van der Waals surface area contributed by atoms with Gasteiger partial charge in [0, 0.05) is 18.7 Å². The number of nitrogens with one attached hydrogen (secondary N) is 1. The molecule has 1 aliphatic heterocycles. The second kappa shape index (κ2) is 10.5. The quantitative estimate of drug-likeness (QED) is 0.689. The molecule has 0 unspecified atom stereocenters. The van der Waals surface area contributed by atoms with Crippen LogP contribution in [-0.4, -0.2) is 50.2 Å². The van der Waals surface area contributed by atoms with Crippen LogP contribution in [0.1, 0.15) is 51.0 Å². The first kappa shape index (κ1) is 20.7. The highest BCUT2D eigenvalue weighted by Crippen LogP contribution is 2.29. The maximum Gasteiger partial charge on any atom is 0.244 e. The molecule has 1 heterocycles. The van der Waals surface area contributed by atoms with Crippen LogP contribution in [-0.2, 0) is 4.79 Å². The van der Waals surface area contributed by atoms with E-state index >= 15 is 0 Å². The number of amides is 1. The van der Waals surface area contributed by atoms with E-state index in [0.29, 0.717) is 18.4 Å². The molecule has 3 rings (SSSR count). The zero-order valence-electron chi connectivity index (χ0n) is 17.3. The average molecular weight is 387 g/mol. The fraction of sp³-hybridized carbons (Fsp3) is 0.609. The van der Waals surface area contributed by atoms with Crippen LogP contribution < -0.4 is 14.8 Å². The van der Waals surface area contributed by atoms with Gasteiger partial charge < -0.3 is 14.8 Å². The van der Waals surface area contributed by atoms with Crippen molar-refractivity contribution >= 4 is 12.0 Å². The molecule has 1 saturated carbocycles. The molecule has 1 N–H and O–H groups in total. The Balaban J connectivity index is 1.49. The van der Waals surface area contributed by atoms with Crippen molar-refractivity contribution in [2.75, 3.05) is 33.4 Å². The number of hydrogen-bond donors (Lipinski definition) is 1. The zero-order valence-corrected chi connectivity index (χ0v) is 17.3. The molecule has 0 spiro atoms. The van der Waals surface area contributed by atoms with Gasteiger partial charge in [-0.15, -0.1) is 0 Å². The molecule has 1 saturated heterocycles. The van der Waals surface area contributed by atoms with Gasteiger partial charge in [-0.25, -0.2) is 0 Å². The minimum Gasteiger partial charge on any atom is -0.493 e. The van der Waals surface area contributed by atoms with Crippen molar-refractivity contribution in [2.45, 2.75) is 51.5 Å². The summed E-state index contributed by atoms with van der Waals surface area (Å²) in [4.78, 5) is 14.6. The second-order valence-electron chi connectivity index (χ2n) is 8.11. The lowest BCUT2D eigenvalue weighted by Crippen LogP contribution is -2.36. The van der Waals surface area contributed by atoms with Crippen LogP contribution in [0, 0.1) is 5.92 Å². The first-order chi connectivity index (χ1) is 13.6. The summed E-state index contributed by atoms with van der Waals surface area (Å²) in [6, 6.07) is 6.11. The van der Waals surface area contributed by atoms with E-state index in [0.717, 1.165) is 36.6 Å². The molecule has 0 radical (unpaired) electrons. The van der Waals surface area contributed by atoms with Crippen LogP contribution in [0.4, 0.5) is 0 Å². The van der Waals surface area contributed by atoms with E-state index in [-0.39, 0.29) is 5.91 Å². The maximum absolute atomic E-state index is 12.2. The smallest absolute Gasteiger partial charge is 0.244 e. The number of ether oxygens (including phenoxy) is 2. The number of carbonyl (C=O) groups is 1. The normalized spacial score (nSPS) is 23.1. The van der Waals surface area contributed by atoms with Crippen LogP contribution in [0.3, 0.4) is 0 Å². The van der Waals surface area contributed by atoms with Gasteiger partial charge in [0.1, 0.15) is 6.61 Å². The second-order valence-corrected chi connectivity index (χ2v) is 8.11. The maximum atomic E-state index is 12.2. The standard InChI is InChI=1S/C23H34N2O3/c1-18-5-9-20(10-6-18)24-23(26)12-8-19-7-11-21(22(17-19)27-2)28-16-15-25-13-3-4-14-25/h7-8,11-12,17-18,20H,3-6,9-10,13-16H2,1-2H3,(H,24,26)/b12-8+. The highest BCUT2D eigenvalue weighted by molar-refractivity contribution is 5.92. The molecule has 1 aliphatic carbocycles. The largest absolute Gasteiger partial charge is 0.493 e. The first-order valence-electron chi connectivity index (χ1n) is 10.7. The SMILES string of the molecule is COc1cc(/C=C/C(=O)NC2CCC(C)CC2)ccc1OCCN1CCCC1. The third-order valence-corrected chi connectivity index (χ3v) is 5.84. The number of benzene rings is 1. The lowest BCUT2D eigenvalue weighted by atomic mass is 9.87. The topological polar surface area (TPSA) is 50.8 Å². The Labute approximate surface area is 169 Å². The Morgan fingerprint density at radius 3 is 2.64 bits per heavy atom. The molecule has 0 aromatic heterocycles. The van der Waals surface area contributed by atoms with E-state index in [2.05, 4.69) is 17.1 Å². The highest BCUT2D eigenvalue weighted by atomic mass is 16.5. The molecule has 1 aromatic carbocycles. The van der Waals surface area contributed by atoms with Crippen LogP contribution in [0.2, 0.25) is 0 Å². The van der Waals surface area contributed by atoms with Crippen LogP contribution in [0.25, 0.3) is 6.08 Å². The van der Waals surface area contributed by atoms with Crippen molar-refractivity contribution in [1.82, 2.24) is 10.2 Å². The van der Waals surface area contributed by atoms with Gasteiger partial charge in [0.15, 0.2) is 11.5 Å². The Kier molecular flexibility index (Phi) is 7.78. The molecule has 2 aliphatic rings. The molecule has 154 valence electrons. The van der Waals surface area contributed by atoms with Gasteiger partial charge in [-0.3, -0.25) is 9.69 Å². The third-order valence-electron chi connectivity index (χ3n) is 5.84. The summed E-state index contributed by atoms with van der Waals surface area (Å²) in [7, 11) is 1.65. The average Bonchev–Trinajstić information content (AvgIpc) is 3.22. The summed E-state index contributed by atoms with van der Waals surface area (Å²) in [5.74, 6) is 2.21. The molecule has 5 nitrogen and oxygen atoms in total. The predicted molar refractivity (Wildman–Crippen MR) is 113 cm³/mol. The molecule has 2 fully saturated rings. The fourth-order valence-corrected chi connectivity index (χ4v) is 4.02. The molecule has 5 heteroatoms. The van der Waals surface area contributed by atoms with E-state index < -0.39 is 0 Å². The molecule has 1 amide bonds. The Morgan fingerprint density at radius 1 is 1.18 bits per heavy atom. The lowest BCUT2D eigenvalue weighted by Gasteiger charge is -2.26. The van der Waals surface area contributed by atoms with E-state index in [1.807, 2.05) is 24.3 Å². The number of carbonyl (C=O) groups excluding carboxylic acids is 1.